The number of carbonyl (C=O) groups excluding carboxylic acids is 4. The minimum Gasteiger partial charge on any atom is -0.484 e. The van der Waals surface area contributed by atoms with Gasteiger partial charge in [-0.1, -0.05) is 18.2 Å². The highest BCUT2D eigenvalue weighted by atomic mass is 16.5. The molecule has 0 spiro atoms. The van der Waals surface area contributed by atoms with Crippen LogP contribution < -0.4 is 10.1 Å². The van der Waals surface area contributed by atoms with Gasteiger partial charge in [0.15, 0.2) is 19.0 Å². The molecule has 1 aromatic heterocycles. The standard InChI is InChI=1S/C21H24N2O6/c1-12-19(15(4)24)13(2)23-20(12)17(25)10-29-21(27)14(3)22-18(26)11-28-16-8-6-5-7-9-16/h5-9,14,23H,10-11H2,1-4H3,(H,22,26)/t14-/m0/s1. The molecule has 2 rings (SSSR count). The van der Waals surface area contributed by atoms with E-state index in [1.807, 2.05) is 6.07 Å². The van der Waals surface area contributed by atoms with Crippen molar-refractivity contribution in [1.82, 2.24) is 10.3 Å². The molecule has 0 fully saturated rings. The Morgan fingerprint density at radius 1 is 1.07 bits per heavy atom. The van der Waals surface area contributed by atoms with Crippen molar-refractivity contribution in [2.75, 3.05) is 13.2 Å². The van der Waals surface area contributed by atoms with Gasteiger partial charge in [0.05, 0.1) is 5.69 Å². The molecule has 1 amide bonds. The molecule has 2 N–H and O–H groups in total. The summed E-state index contributed by atoms with van der Waals surface area (Å²) >= 11 is 0. The number of amides is 1. The number of ether oxygens (including phenoxy) is 2. The predicted octanol–water partition coefficient (Wildman–Crippen LogP) is 2.14. The van der Waals surface area contributed by atoms with Gasteiger partial charge in [0.2, 0.25) is 5.78 Å². The molecule has 1 aromatic carbocycles. The average molecular weight is 400 g/mol. The van der Waals surface area contributed by atoms with E-state index in [2.05, 4.69) is 10.3 Å². The Hall–Kier alpha value is -3.42. The molecule has 29 heavy (non-hydrogen) atoms. The number of H-pyrrole nitrogens is 1. The van der Waals surface area contributed by atoms with Crippen molar-refractivity contribution in [2.24, 2.45) is 0 Å². The SMILES string of the molecule is CC(=O)c1c(C)[nH]c(C(=O)COC(=O)[C@H](C)NC(=O)COc2ccccc2)c1C. The summed E-state index contributed by atoms with van der Waals surface area (Å²) in [6.45, 7) is 5.47. The number of Topliss-reactive ketones (excluding diaryl/α,β-unsaturated/α-hetero) is 2. The number of rotatable bonds is 9. The molecular formula is C21H24N2O6. The summed E-state index contributed by atoms with van der Waals surface area (Å²) in [5.74, 6) is -1.32. The molecular weight excluding hydrogens is 376 g/mol. The van der Waals surface area contributed by atoms with Gasteiger partial charge in [0.1, 0.15) is 11.8 Å². The number of carbonyl (C=O) groups is 4. The van der Waals surface area contributed by atoms with Gasteiger partial charge < -0.3 is 19.8 Å². The fraction of sp³-hybridized carbons (Fsp3) is 0.333. The van der Waals surface area contributed by atoms with E-state index in [4.69, 9.17) is 9.47 Å². The van der Waals surface area contributed by atoms with E-state index in [1.54, 1.807) is 38.1 Å². The van der Waals surface area contributed by atoms with Crippen LogP contribution in [-0.4, -0.2) is 47.7 Å². The van der Waals surface area contributed by atoms with E-state index in [0.29, 0.717) is 22.6 Å². The highest BCUT2D eigenvalue weighted by Gasteiger charge is 2.23. The Bertz CT molecular complexity index is 917. The lowest BCUT2D eigenvalue weighted by Gasteiger charge is -2.13. The first-order valence-corrected chi connectivity index (χ1v) is 9.07. The van der Waals surface area contributed by atoms with E-state index in [0.717, 1.165) is 0 Å². The van der Waals surface area contributed by atoms with Crippen molar-refractivity contribution in [3.8, 4) is 5.75 Å². The highest BCUT2D eigenvalue weighted by Crippen LogP contribution is 2.19. The highest BCUT2D eigenvalue weighted by molar-refractivity contribution is 6.04. The van der Waals surface area contributed by atoms with Crippen molar-refractivity contribution in [3.05, 3.63) is 52.8 Å². The Morgan fingerprint density at radius 2 is 1.72 bits per heavy atom. The van der Waals surface area contributed by atoms with Gasteiger partial charge >= 0.3 is 5.97 Å². The summed E-state index contributed by atoms with van der Waals surface area (Å²) in [6, 6.07) is 7.84. The Labute approximate surface area is 168 Å². The molecule has 8 nitrogen and oxygen atoms in total. The number of nitrogens with one attached hydrogen (secondary N) is 2. The zero-order valence-electron chi connectivity index (χ0n) is 16.8. The number of aryl methyl sites for hydroxylation is 1. The van der Waals surface area contributed by atoms with Gasteiger partial charge in [-0.25, -0.2) is 4.79 Å². The molecule has 0 saturated heterocycles. The maximum absolute atomic E-state index is 12.3. The fourth-order valence-electron chi connectivity index (χ4n) is 2.90. The molecule has 8 heteroatoms. The van der Waals surface area contributed by atoms with Crippen molar-refractivity contribution in [2.45, 2.75) is 33.7 Å². The quantitative estimate of drug-likeness (QED) is 0.492. The third-order valence-corrected chi connectivity index (χ3v) is 4.26. The van der Waals surface area contributed by atoms with Crippen LogP contribution >= 0.6 is 0 Å². The average Bonchev–Trinajstić information content (AvgIpc) is 2.99. The van der Waals surface area contributed by atoms with Crippen LogP contribution in [0.3, 0.4) is 0 Å². The third kappa shape index (κ3) is 5.78. The molecule has 1 heterocycles. The van der Waals surface area contributed by atoms with Crippen molar-refractivity contribution in [1.29, 1.82) is 0 Å². The monoisotopic (exact) mass is 400 g/mol. The molecule has 154 valence electrons. The number of para-hydroxylation sites is 1. The lowest BCUT2D eigenvalue weighted by molar-refractivity contribution is -0.146. The normalized spacial score (nSPS) is 11.4. The topological polar surface area (TPSA) is 115 Å². The Balaban J connectivity index is 1.83. The molecule has 2 aromatic rings. The van der Waals surface area contributed by atoms with Crippen LogP contribution in [0.4, 0.5) is 0 Å². The summed E-state index contributed by atoms with van der Waals surface area (Å²) in [5.41, 5.74) is 1.80. The first-order chi connectivity index (χ1) is 13.7. The molecule has 0 aliphatic rings. The van der Waals surface area contributed by atoms with Crippen LogP contribution in [0, 0.1) is 13.8 Å². The summed E-state index contributed by atoms with van der Waals surface area (Å²) in [5, 5.41) is 2.45. The second-order valence-corrected chi connectivity index (χ2v) is 6.60. The second kappa shape index (κ2) is 9.68. The molecule has 0 unspecified atom stereocenters. The number of esters is 1. The lowest BCUT2D eigenvalue weighted by atomic mass is 10.1. The van der Waals surface area contributed by atoms with Gasteiger partial charge in [-0.15, -0.1) is 0 Å². The van der Waals surface area contributed by atoms with Crippen LogP contribution in [0.2, 0.25) is 0 Å². The van der Waals surface area contributed by atoms with Crippen LogP contribution in [-0.2, 0) is 14.3 Å². The minimum absolute atomic E-state index is 0.152. The zero-order valence-corrected chi connectivity index (χ0v) is 16.8. The van der Waals surface area contributed by atoms with Gasteiger partial charge in [-0.2, -0.15) is 0 Å². The smallest absolute Gasteiger partial charge is 0.328 e. The summed E-state index contributed by atoms with van der Waals surface area (Å²) < 4.78 is 10.3. The number of benzene rings is 1. The van der Waals surface area contributed by atoms with Gasteiger partial charge in [-0.3, -0.25) is 14.4 Å². The zero-order chi connectivity index (χ0) is 21.6. The maximum Gasteiger partial charge on any atom is 0.328 e. The molecule has 0 radical (unpaired) electrons. The molecule has 0 saturated carbocycles. The minimum atomic E-state index is -0.950. The van der Waals surface area contributed by atoms with Crippen LogP contribution in [0.1, 0.15) is 46.0 Å². The molecule has 0 aliphatic carbocycles. The van der Waals surface area contributed by atoms with Crippen LogP contribution in [0.15, 0.2) is 30.3 Å². The molecule has 0 aliphatic heterocycles. The van der Waals surface area contributed by atoms with E-state index in [1.165, 1.54) is 13.8 Å². The molecule has 0 bridgehead atoms. The number of hydrogen-bond donors (Lipinski definition) is 2. The summed E-state index contributed by atoms with van der Waals surface area (Å²) in [6.07, 6.45) is 0. The van der Waals surface area contributed by atoms with Crippen molar-refractivity contribution in [3.63, 3.8) is 0 Å². The largest absolute Gasteiger partial charge is 0.484 e. The first kappa shape index (κ1) is 21.9. The third-order valence-electron chi connectivity index (χ3n) is 4.26. The number of hydrogen-bond acceptors (Lipinski definition) is 6. The van der Waals surface area contributed by atoms with Crippen LogP contribution in [0.25, 0.3) is 0 Å². The van der Waals surface area contributed by atoms with Crippen LogP contribution in [0.5, 0.6) is 5.75 Å². The van der Waals surface area contributed by atoms with E-state index < -0.39 is 30.3 Å². The Morgan fingerprint density at radius 3 is 2.31 bits per heavy atom. The van der Waals surface area contributed by atoms with E-state index >= 15 is 0 Å². The first-order valence-electron chi connectivity index (χ1n) is 9.07. The second-order valence-electron chi connectivity index (χ2n) is 6.60. The van der Waals surface area contributed by atoms with Crippen molar-refractivity contribution < 1.29 is 28.7 Å². The Kier molecular flexibility index (Phi) is 7.30. The van der Waals surface area contributed by atoms with Gasteiger partial charge in [-0.05, 0) is 45.4 Å². The summed E-state index contributed by atoms with van der Waals surface area (Å²) in [4.78, 5) is 50.8. The molecule has 1 atom stereocenters. The van der Waals surface area contributed by atoms with E-state index in [-0.39, 0.29) is 18.1 Å². The van der Waals surface area contributed by atoms with Gasteiger partial charge in [0.25, 0.3) is 5.91 Å². The number of aromatic nitrogens is 1. The summed E-state index contributed by atoms with van der Waals surface area (Å²) in [7, 11) is 0. The maximum atomic E-state index is 12.3. The lowest BCUT2D eigenvalue weighted by Crippen LogP contribution is -2.42. The fourth-order valence-corrected chi connectivity index (χ4v) is 2.90. The van der Waals surface area contributed by atoms with Crippen molar-refractivity contribution >= 4 is 23.4 Å². The predicted molar refractivity (Wildman–Crippen MR) is 105 cm³/mol. The van der Waals surface area contributed by atoms with E-state index in [9.17, 15) is 19.2 Å². The number of aromatic amines is 1. The number of ketones is 2. The van der Waals surface area contributed by atoms with Gasteiger partial charge in [0, 0.05) is 11.3 Å².